The number of amides is 1. The minimum atomic E-state index is -0.810. The topological polar surface area (TPSA) is 50.8 Å². The number of carbonyl (C=O) groups is 1. The van der Waals surface area contributed by atoms with Crippen LogP contribution in [0.15, 0.2) is 24.3 Å². The van der Waals surface area contributed by atoms with Gasteiger partial charge < -0.3 is 19.7 Å². The fraction of sp³-hybridized carbons (Fsp3) is 0.611. The second-order valence-corrected chi connectivity index (χ2v) is 7.20. The van der Waals surface area contributed by atoms with Crippen molar-refractivity contribution in [3.05, 3.63) is 29.3 Å². The highest BCUT2D eigenvalue weighted by Crippen LogP contribution is 2.30. The number of ether oxygens (including phenoxy) is 2. The van der Waals surface area contributed by atoms with E-state index in [1.165, 1.54) is 0 Å². The molecule has 2 heterocycles. The summed E-state index contributed by atoms with van der Waals surface area (Å²) in [5.74, 6) is 0.755. The first kappa shape index (κ1) is 17.5. The Morgan fingerprint density at radius 1 is 1.21 bits per heavy atom. The van der Waals surface area contributed by atoms with Crippen molar-refractivity contribution >= 4 is 17.5 Å². The summed E-state index contributed by atoms with van der Waals surface area (Å²) in [6, 6.07) is 7.22. The van der Waals surface area contributed by atoms with E-state index >= 15 is 0 Å². The number of benzene rings is 1. The minimum absolute atomic E-state index is 0.0481. The Hall–Kier alpha value is -1.30. The fourth-order valence-electron chi connectivity index (χ4n) is 3.55. The van der Waals surface area contributed by atoms with Gasteiger partial charge in [-0.05, 0) is 51.2 Å². The molecule has 3 rings (SSSR count). The summed E-state index contributed by atoms with van der Waals surface area (Å²) in [5, 5.41) is 3.97. The third-order valence-corrected chi connectivity index (χ3v) is 4.89. The highest BCUT2D eigenvalue weighted by atomic mass is 35.5. The normalized spacial score (nSPS) is 26.9. The van der Waals surface area contributed by atoms with Gasteiger partial charge >= 0.3 is 0 Å². The zero-order valence-corrected chi connectivity index (χ0v) is 15.0. The summed E-state index contributed by atoms with van der Waals surface area (Å²) in [4.78, 5) is 15.2. The molecular weight excluding hydrogens is 328 g/mol. The van der Waals surface area contributed by atoms with Gasteiger partial charge in [0.1, 0.15) is 5.75 Å². The first-order chi connectivity index (χ1) is 11.5. The molecule has 0 aromatic heterocycles. The Labute approximate surface area is 148 Å². The molecule has 2 fully saturated rings. The molecule has 2 aliphatic rings. The summed E-state index contributed by atoms with van der Waals surface area (Å²) in [6.07, 6.45) is 1.42. The number of morpholine rings is 1. The molecule has 0 radical (unpaired) electrons. The first-order valence-corrected chi connectivity index (χ1v) is 8.96. The molecule has 0 unspecified atom stereocenters. The number of hydrogen-bond donors (Lipinski definition) is 1. The van der Waals surface area contributed by atoms with E-state index in [1.807, 2.05) is 30.9 Å². The lowest BCUT2D eigenvalue weighted by Gasteiger charge is -2.43. The lowest BCUT2D eigenvalue weighted by atomic mass is 9.89. The van der Waals surface area contributed by atoms with Crippen molar-refractivity contribution in [2.75, 3.05) is 26.2 Å². The lowest BCUT2D eigenvalue weighted by Crippen LogP contribution is -2.61. The van der Waals surface area contributed by atoms with Crippen LogP contribution in [0.2, 0.25) is 5.02 Å². The molecule has 6 heteroatoms. The maximum atomic E-state index is 13.3. The van der Waals surface area contributed by atoms with Crippen molar-refractivity contribution in [2.45, 2.75) is 44.5 Å². The standard InChI is InChI=1S/C18H25ClN2O3/c1-13-11-21(12-14(2)23-13)17(22)18(7-9-20-10-8-18)24-16-5-3-15(19)4-6-16/h3-6,13-14,20H,7-12H2,1-2H3/t13-,14+. The highest BCUT2D eigenvalue weighted by Gasteiger charge is 2.46. The van der Waals surface area contributed by atoms with E-state index in [0.717, 1.165) is 13.1 Å². The van der Waals surface area contributed by atoms with Crippen molar-refractivity contribution in [1.82, 2.24) is 10.2 Å². The lowest BCUT2D eigenvalue weighted by molar-refractivity contribution is -0.161. The average molecular weight is 353 g/mol. The Bertz CT molecular complexity index is 562. The van der Waals surface area contributed by atoms with Gasteiger partial charge in [-0.1, -0.05) is 11.6 Å². The second kappa shape index (κ2) is 7.30. The summed E-state index contributed by atoms with van der Waals surface area (Å²) in [7, 11) is 0. The van der Waals surface area contributed by atoms with Gasteiger partial charge in [0.2, 0.25) is 0 Å². The van der Waals surface area contributed by atoms with Crippen LogP contribution in [0.3, 0.4) is 0 Å². The zero-order chi connectivity index (χ0) is 17.2. The number of carbonyl (C=O) groups excluding carboxylic acids is 1. The van der Waals surface area contributed by atoms with Crippen molar-refractivity contribution in [3.63, 3.8) is 0 Å². The molecule has 1 amide bonds. The van der Waals surface area contributed by atoms with Gasteiger partial charge in [0.25, 0.3) is 5.91 Å². The van der Waals surface area contributed by atoms with Crippen LogP contribution in [0.25, 0.3) is 0 Å². The Kier molecular flexibility index (Phi) is 5.33. The number of rotatable bonds is 3. The number of hydrogen-bond acceptors (Lipinski definition) is 4. The Balaban J connectivity index is 1.82. The highest BCUT2D eigenvalue weighted by molar-refractivity contribution is 6.30. The first-order valence-electron chi connectivity index (χ1n) is 8.59. The maximum absolute atomic E-state index is 13.3. The summed E-state index contributed by atoms with van der Waals surface area (Å²) in [5.41, 5.74) is -0.810. The molecule has 2 atom stereocenters. The SMILES string of the molecule is C[C@@H]1CN(C(=O)C2(Oc3ccc(Cl)cc3)CCNCC2)C[C@H](C)O1. The van der Waals surface area contributed by atoms with Gasteiger partial charge in [0.05, 0.1) is 12.2 Å². The largest absolute Gasteiger partial charge is 0.477 e. The predicted octanol–water partition coefficient (Wildman–Crippen LogP) is 2.48. The third-order valence-electron chi connectivity index (χ3n) is 4.63. The van der Waals surface area contributed by atoms with E-state index in [2.05, 4.69) is 5.32 Å². The number of piperidine rings is 1. The zero-order valence-electron chi connectivity index (χ0n) is 14.3. The number of halogens is 1. The van der Waals surface area contributed by atoms with E-state index < -0.39 is 5.60 Å². The fourth-order valence-corrected chi connectivity index (χ4v) is 3.68. The van der Waals surface area contributed by atoms with Gasteiger partial charge in [0, 0.05) is 31.0 Å². The van der Waals surface area contributed by atoms with Gasteiger partial charge in [-0.25, -0.2) is 0 Å². The molecule has 0 saturated carbocycles. The molecule has 0 aliphatic carbocycles. The van der Waals surface area contributed by atoms with E-state index in [0.29, 0.717) is 36.7 Å². The Morgan fingerprint density at radius 3 is 2.38 bits per heavy atom. The molecule has 132 valence electrons. The summed E-state index contributed by atoms with van der Waals surface area (Å²) < 4.78 is 12.0. The average Bonchev–Trinajstić information content (AvgIpc) is 2.56. The van der Waals surface area contributed by atoms with Crippen molar-refractivity contribution in [1.29, 1.82) is 0 Å². The maximum Gasteiger partial charge on any atom is 0.267 e. The number of nitrogens with one attached hydrogen (secondary N) is 1. The van der Waals surface area contributed by atoms with Gasteiger partial charge in [0.15, 0.2) is 5.60 Å². The molecule has 0 bridgehead atoms. The van der Waals surface area contributed by atoms with Crippen molar-refractivity contribution in [3.8, 4) is 5.75 Å². The Morgan fingerprint density at radius 2 is 1.79 bits per heavy atom. The molecule has 24 heavy (non-hydrogen) atoms. The van der Waals surface area contributed by atoms with Gasteiger partial charge in [-0.3, -0.25) is 4.79 Å². The van der Waals surface area contributed by atoms with E-state index in [9.17, 15) is 4.79 Å². The molecule has 1 N–H and O–H groups in total. The van der Waals surface area contributed by atoms with Gasteiger partial charge in [-0.15, -0.1) is 0 Å². The summed E-state index contributed by atoms with van der Waals surface area (Å²) >= 11 is 5.95. The van der Waals surface area contributed by atoms with E-state index in [-0.39, 0.29) is 18.1 Å². The van der Waals surface area contributed by atoms with Crippen LogP contribution in [-0.4, -0.2) is 54.8 Å². The van der Waals surface area contributed by atoms with E-state index in [1.54, 1.807) is 12.1 Å². The molecule has 2 aliphatic heterocycles. The quantitative estimate of drug-likeness (QED) is 0.908. The molecule has 1 aromatic rings. The molecular formula is C18H25ClN2O3. The van der Waals surface area contributed by atoms with Crippen LogP contribution < -0.4 is 10.1 Å². The van der Waals surface area contributed by atoms with Crippen molar-refractivity contribution < 1.29 is 14.3 Å². The van der Waals surface area contributed by atoms with Crippen LogP contribution in [-0.2, 0) is 9.53 Å². The van der Waals surface area contributed by atoms with Crippen LogP contribution in [0.4, 0.5) is 0 Å². The molecule has 2 saturated heterocycles. The number of nitrogens with zero attached hydrogens (tertiary/aromatic N) is 1. The third kappa shape index (κ3) is 3.85. The summed E-state index contributed by atoms with van der Waals surface area (Å²) in [6.45, 7) is 6.78. The van der Waals surface area contributed by atoms with Crippen LogP contribution in [0.1, 0.15) is 26.7 Å². The van der Waals surface area contributed by atoms with Crippen LogP contribution in [0, 0.1) is 0 Å². The molecule has 1 aromatic carbocycles. The molecule has 0 spiro atoms. The van der Waals surface area contributed by atoms with Crippen molar-refractivity contribution in [2.24, 2.45) is 0 Å². The van der Waals surface area contributed by atoms with Crippen LogP contribution in [0.5, 0.6) is 5.75 Å². The predicted molar refractivity (Wildman–Crippen MR) is 93.5 cm³/mol. The van der Waals surface area contributed by atoms with Gasteiger partial charge in [-0.2, -0.15) is 0 Å². The smallest absolute Gasteiger partial charge is 0.267 e. The monoisotopic (exact) mass is 352 g/mol. The van der Waals surface area contributed by atoms with E-state index in [4.69, 9.17) is 21.1 Å². The molecule has 5 nitrogen and oxygen atoms in total. The van der Waals surface area contributed by atoms with Crippen LogP contribution >= 0.6 is 11.6 Å². The minimum Gasteiger partial charge on any atom is -0.477 e. The second-order valence-electron chi connectivity index (χ2n) is 6.77.